The van der Waals surface area contributed by atoms with Crippen molar-refractivity contribution < 1.29 is 9.53 Å². The van der Waals surface area contributed by atoms with Gasteiger partial charge in [-0.3, -0.25) is 9.69 Å². The minimum absolute atomic E-state index is 0.0394. The van der Waals surface area contributed by atoms with E-state index in [1.165, 1.54) is 0 Å². The maximum absolute atomic E-state index is 11.2. The minimum Gasteiger partial charge on any atom is -0.383 e. The van der Waals surface area contributed by atoms with Crippen LogP contribution in [-0.4, -0.2) is 51.2 Å². The highest BCUT2D eigenvalue weighted by atomic mass is 16.5. The van der Waals surface area contributed by atoms with E-state index in [1.54, 1.807) is 7.11 Å². The van der Waals surface area contributed by atoms with Gasteiger partial charge in [0, 0.05) is 26.6 Å². The van der Waals surface area contributed by atoms with Crippen LogP contribution in [0.15, 0.2) is 0 Å². The van der Waals surface area contributed by atoms with Crippen molar-refractivity contribution in [3.8, 4) is 6.07 Å². The predicted octanol–water partition coefficient (Wildman–Crippen LogP) is -0.406. The Morgan fingerprint density at radius 3 is 2.93 bits per heavy atom. The summed E-state index contributed by atoms with van der Waals surface area (Å²) in [4.78, 5) is 13.0. The molecule has 0 heterocycles. The van der Waals surface area contributed by atoms with Crippen LogP contribution in [0, 0.1) is 11.3 Å². The van der Waals surface area contributed by atoms with Gasteiger partial charge in [-0.15, -0.1) is 0 Å². The number of nitrogens with zero attached hydrogens (tertiary/aromatic N) is 2. The van der Waals surface area contributed by atoms with Gasteiger partial charge in [0.25, 0.3) is 0 Å². The fourth-order valence-corrected chi connectivity index (χ4v) is 0.913. The molecule has 0 aliphatic carbocycles. The summed E-state index contributed by atoms with van der Waals surface area (Å²) in [5.74, 6) is -0.0394. The second-order valence-corrected chi connectivity index (χ2v) is 2.99. The van der Waals surface area contributed by atoms with Crippen LogP contribution in [0.2, 0.25) is 0 Å². The van der Waals surface area contributed by atoms with Gasteiger partial charge in [0.2, 0.25) is 5.91 Å². The van der Waals surface area contributed by atoms with Crippen LogP contribution in [0.5, 0.6) is 0 Å². The van der Waals surface area contributed by atoms with E-state index in [2.05, 4.69) is 5.32 Å². The third-order valence-electron chi connectivity index (χ3n) is 1.65. The Bertz CT molecular complexity index is 201. The zero-order valence-electron chi connectivity index (χ0n) is 8.75. The Labute approximate surface area is 84.6 Å². The highest BCUT2D eigenvalue weighted by Gasteiger charge is 2.04. The third-order valence-corrected chi connectivity index (χ3v) is 1.65. The maximum atomic E-state index is 11.2. The lowest BCUT2D eigenvalue weighted by atomic mass is 10.4. The van der Waals surface area contributed by atoms with Crippen molar-refractivity contribution in [2.75, 3.05) is 40.4 Å². The molecule has 0 unspecified atom stereocenters. The molecule has 1 amide bonds. The molecule has 5 nitrogen and oxygen atoms in total. The molecule has 0 radical (unpaired) electrons. The second-order valence-electron chi connectivity index (χ2n) is 2.99. The summed E-state index contributed by atoms with van der Waals surface area (Å²) >= 11 is 0. The second kappa shape index (κ2) is 8.48. The van der Waals surface area contributed by atoms with Crippen molar-refractivity contribution in [3.05, 3.63) is 0 Å². The first-order valence-electron chi connectivity index (χ1n) is 4.51. The lowest BCUT2D eigenvalue weighted by Crippen LogP contribution is -2.36. The maximum Gasteiger partial charge on any atom is 0.234 e. The summed E-state index contributed by atoms with van der Waals surface area (Å²) in [6.45, 7) is 1.99. The minimum atomic E-state index is -0.0394. The third kappa shape index (κ3) is 7.53. The van der Waals surface area contributed by atoms with Crippen LogP contribution >= 0.6 is 0 Å². The number of ether oxygens (including phenoxy) is 1. The molecule has 14 heavy (non-hydrogen) atoms. The molecule has 0 aliphatic rings. The predicted molar refractivity (Wildman–Crippen MR) is 52.6 cm³/mol. The number of nitrogens with one attached hydrogen (secondary N) is 1. The van der Waals surface area contributed by atoms with Gasteiger partial charge >= 0.3 is 0 Å². The van der Waals surface area contributed by atoms with Crippen molar-refractivity contribution in [3.63, 3.8) is 0 Å². The summed E-state index contributed by atoms with van der Waals surface area (Å²) in [6, 6.07) is 2.03. The highest BCUT2D eigenvalue weighted by molar-refractivity contribution is 5.77. The summed E-state index contributed by atoms with van der Waals surface area (Å²) in [7, 11) is 3.40. The molecule has 1 N–H and O–H groups in total. The summed E-state index contributed by atoms with van der Waals surface area (Å²) in [6.07, 6.45) is 0.446. The van der Waals surface area contributed by atoms with E-state index in [1.807, 2.05) is 18.0 Å². The number of hydrogen-bond acceptors (Lipinski definition) is 4. The van der Waals surface area contributed by atoms with Gasteiger partial charge in [0.1, 0.15) is 0 Å². The molecule has 0 bridgehead atoms. The van der Waals surface area contributed by atoms with Gasteiger partial charge < -0.3 is 10.1 Å². The number of likely N-dealkylation sites (N-methyl/N-ethyl adjacent to an activating group) is 1. The summed E-state index contributed by atoms with van der Waals surface area (Å²) < 4.78 is 4.79. The number of carbonyl (C=O) groups is 1. The lowest BCUT2D eigenvalue weighted by Gasteiger charge is -2.13. The molecule has 5 heteroatoms. The zero-order valence-corrected chi connectivity index (χ0v) is 8.75. The normalized spacial score (nSPS) is 9.86. The largest absolute Gasteiger partial charge is 0.383 e. The quantitative estimate of drug-likeness (QED) is 0.566. The number of carbonyl (C=O) groups excluding carboxylic acids is 1. The molecule has 0 aliphatic heterocycles. The van der Waals surface area contributed by atoms with Gasteiger partial charge in [-0.1, -0.05) is 0 Å². The van der Waals surface area contributed by atoms with Crippen LogP contribution in [-0.2, 0) is 9.53 Å². The fraction of sp³-hybridized carbons (Fsp3) is 0.778. The first kappa shape index (κ1) is 12.9. The fourth-order valence-electron chi connectivity index (χ4n) is 0.913. The number of rotatable bonds is 7. The zero-order chi connectivity index (χ0) is 10.8. The van der Waals surface area contributed by atoms with Gasteiger partial charge in [0.15, 0.2) is 0 Å². The molecule has 0 atom stereocenters. The molecule has 80 valence electrons. The molecule has 0 fully saturated rings. The topological polar surface area (TPSA) is 65.4 Å². The lowest BCUT2D eigenvalue weighted by molar-refractivity contribution is -0.122. The molecular formula is C9H17N3O2. The molecule has 0 saturated heterocycles. The van der Waals surface area contributed by atoms with Crippen molar-refractivity contribution in [1.82, 2.24) is 10.2 Å². The summed E-state index contributed by atoms with van der Waals surface area (Å²) in [5, 5.41) is 11.0. The van der Waals surface area contributed by atoms with Gasteiger partial charge in [-0.2, -0.15) is 5.26 Å². The molecule has 0 saturated carbocycles. The highest BCUT2D eigenvalue weighted by Crippen LogP contribution is 1.85. The number of hydrogen-bond donors (Lipinski definition) is 1. The Hall–Kier alpha value is -1.12. The Balaban J connectivity index is 3.46. The molecule has 0 spiro atoms. The molecular weight excluding hydrogens is 182 g/mol. The Morgan fingerprint density at radius 2 is 2.36 bits per heavy atom. The first-order valence-corrected chi connectivity index (χ1v) is 4.51. The standard InChI is InChI=1S/C9H17N3O2/c1-12(6-3-4-10)8-9(13)11-5-7-14-2/h3,5-8H2,1-2H3,(H,11,13). The van der Waals surface area contributed by atoms with Crippen molar-refractivity contribution in [2.45, 2.75) is 6.42 Å². The van der Waals surface area contributed by atoms with E-state index >= 15 is 0 Å². The van der Waals surface area contributed by atoms with E-state index in [-0.39, 0.29) is 5.91 Å². The van der Waals surface area contributed by atoms with Crippen LogP contribution in [0.3, 0.4) is 0 Å². The Kier molecular flexibility index (Phi) is 7.80. The number of methoxy groups -OCH3 is 1. The molecule has 0 aromatic rings. The first-order chi connectivity index (χ1) is 6.70. The van der Waals surface area contributed by atoms with Crippen molar-refractivity contribution in [1.29, 1.82) is 5.26 Å². The van der Waals surface area contributed by atoms with E-state index in [9.17, 15) is 4.79 Å². The Morgan fingerprint density at radius 1 is 1.64 bits per heavy atom. The van der Waals surface area contributed by atoms with Crippen LogP contribution in [0.4, 0.5) is 0 Å². The molecule has 0 aromatic carbocycles. The number of amides is 1. The average Bonchev–Trinajstić information content (AvgIpc) is 2.15. The van der Waals surface area contributed by atoms with Gasteiger partial charge in [-0.25, -0.2) is 0 Å². The van der Waals surface area contributed by atoms with Crippen LogP contribution < -0.4 is 5.32 Å². The van der Waals surface area contributed by atoms with Crippen LogP contribution in [0.1, 0.15) is 6.42 Å². The number of nitriles is 1. The van der Waals surface area contributed by atoms with Crippen LogP contribution in [0.25, 0.3) is 0 Å². The molecule has 0 rings (SSSR count). The average molecular weight is 199 g/mol. The van der Waals surface area contributed by atoms with E-state index in [0.717, 1.165) is 0 Å². The van der Waals surface area contributed by atoms with E-state index in [0.29, 0.717) is 32.7 Å². The SMILES string of the molecule is COCCNC(=O)CN(C)CCC#N. The smallest absolute Gasteiger partial charge is 0.234 e. The van der Waals surface area contributed by atoms with Gasteiger partial charge in [0.05, 0.1) is 19.2 Å². The van der Waals surface area contributed by atoms with Crippen molar-refractivity contribution >= 4 is 5.91 Å². The van der Waals surface area contributed by atoms with Crippen molar-refractivity contribution in [2.24, 2.45) is 0 Å². The molecule has 0 aromatic heterocycles. The van der Waals surface area contributed by atoms with Gasteiger partial charge in [-0.05, 0) is 7.05 Å². The van der Waals surface area contributed by atoms with E-state index < -0.39 is 0 Å². The van der Waals surface area contributed by atoms with E-state index in [4.69, 9.17) is 10.00 Å². The summed E-state index contributed by atoms with van der Waals surface area (Å²) in [5.41, 5.74) is 0. The monoisotopic (exact) mass is 199 g/mol.